The summed E-state index contributed by atoms with van der Waals surface area (Å²) in [7, 11) is 0. The van der Waals surface area contributed by atoms with E-state index in [1.165, 1.54) is 40.9 Å². The Hall–Kier alpha value is -2.04. The molecule has 8 nitrogen and oxygen atoms in total. The van der Waals surface area contributed by atoms with Crippen molar-refractivity contribution in [2.75, 3.05) is 12.4 Å². The topological polar surface area (TPSA) is 105 Å². The normalized spacial score (nSPS) is 14.4. The predicted molar refractivity (Wildman–Crippen MR) is 80.5 cm³/mol. The van der Waals surface area contributed by atoms with Gasteiger partial charge in [-0.15, -0.1) is 0 Å². The van der Waals surface area contributed by atoms with Gasteiger partial charge in [0.1, 0.15) is 9.88 Å². The number of benzene rings is 1. The van der Waals surface area contributed by atoms with Crippen LogP contribution in [0.5, 0.6) is 0 Å². The summed E-state index contributed by atoms with van der Waals surface area (Å²) in [4.78, 5) is 34.8. The van der Waals surface area contributed by atoms with E-state index in [4.69, 9.17) is 12.2 Å². The minimum Gasteiger partial charge on any atom is -0.286 e. The number of carbonyl (C=O) groups is 2. The third-order valence-electron chi connectivity index (χ3n) is 2.63. The van der Waals surface area contributed by atoms with Crippen molar-refractivity contribution in [1.29, 1.82) is 0 Å². The zero-order valence-electron chi connectivity index (χ0n) is 10.6. The molecule has 1 aliphatic rings. The highest BCUT2D eigenvalue weighted by molar-refractivity contribution is 8.23. The summed E-state index contributed by atoms with van der Waals surface area (Å²) < 4.78 is 0.424. The highest BCUT2D eigenvalue weighted by Gasteiger charge is 2.26. The molecule has 1 aliphatic heterocycles. The number of rotatable bonds is 5. The SMILES string of the molecule is O=C(NNCN1C(=O)CSC1=S)c1ccccc1[N+](=O)[O-]. The minimum atomic E-state index is -0.660. The summed E-state index contributed by atoms with van der Waals surface area (Å²) in [6.45, 7) is 0.0110. The van der Waals surface area contributed by atoms with E-state index in [0.29, 0.717) is 4.32 Å². The number of nitro benzene ring substituents is 1. The molecule has 0 radical (unpaired) electrons. The lowest BCUT2D eigenvalue weighted by Crippen LogP contribution is -2.46. The van der Waals surface area contributed by atoms with Crippen LogP contribution in [0.2, 0.25) is 0 Å². The van der Waals surface area contributed by atoms with Crippen molar-refractivity contribution in [3.05, 3.63) is 39.9 Å². The Bertz CT molecular complexity index is 606. The molecule has 2 N–H and O–H groups in total. The molecule has 1 fully saturated rings. The van der Waals surface area contributed by atoms with Crippen LogP contribution in [0, 0.1) is 10.1 Å². The maximum absolute atomic E-state index is 11.9. The van der Waals surface area contributed by atoms with Crippen molar-refractivity contribution in [2.45, 2.75) is 0 Å². The zero-order chi connectivity index (χ0) is 15.4. The summed E-state index contributed by atoms with van der Waals surface area (Å²) in [5.41, 5.74) is 4.48. The Kier molecular flexibility index (Phi) is 4.83. The summed E-state index contributed by atoms with van der Waals surface area (Å²) in [6, 6.07) is 5.58. The summed E-state index contributed by atoms with van der Waals surface area (Å²) in [6.07, 6.45) is 0. The third kappa shape index (κ3) is 3.54. The van der Waals surface area contributed by atoms with E-state index in [2.05, 4.69) is 10.9 Å². The maximum Gasteiger partial charge on any atom is 0.282 e. The number of hydrogen-bond donors (Lipinski definition) is 2. The summed E-state index contributed by atoms with van der Waals surface area (Å²) in [5.74, 6) is -0.538. The largest absolute Gasteiger partial charge is 0.286 e. The van der Waals surface area contributed by atoms with Gasteiger partial charge in [-0.3, -0.25) is 30.0 Å². The van der Waals surface area contributed by atoms with Crippen LogP contribution in [-0.2, 0) is 4.79 Å². The standard InChI is InChI=1S/C11H10N4O4S2/c16-9-5-21-11(20)14(9)6-12-13-10(17)7-3-1-2-4-8(7)15(18)19/h1-4,12H,5-6H2,(H,13,17). The van der Waals surface area contributed by atoms with E-state index in [9.17, 15) is 19.7 Å². The van der Waals surface area contributed by atoms with Gasteiger partial charge in [0.05, 0.1) is 17.3 Å². The maximum atomic E-state index is 11.9. The minimum absolute atomic E-state index is 0.0110. The Morgan fingerprint density at radius 1 is 1.48 bits per heavy atom. The number of nitrogens with zero attached hydrogens (tertiary/aromatic N) is 2. The van der Waals surface area contributed by atoms with Crippen molar-refractivity contribution in [1.82, 2.24) is 15.8 Å². The van der Waals surface area contributed by atoms with E-state index < -0.39 is 10.8 Å². The van der Waals surface area contributed by atoms with Crippen molar-refractivity contribution >= 4 is 45.8 Å². The number of para-hydroxylation sites is 1. The van der Waals surface area contributed by atoms with E-state index in [-0.39, 0.29) is 29.6 Å². The lowest BCUT2D eigenvalue weighted by molar-refractivity contribution is -0.385. The lowest BCUT2D eigenvalue weighted by atomic mass is 10.2. The fourth-order valence-corrected chi connectivity index (χ4v) is 2.69. The molecular weight excluding hydrogens is 316 g/mol. The second kappa shape index (κ2) is 6.61. The Balaban J connectivity index is 1.95. The molecule has 0 bridgehead atoms. The third-order valence-corrected chi connectivity index (χ3v) is 4.06. The molecule has 10 heteroatoms. The summed E-state index contributed by atoms with van der Waals surface area (Å²) in [5, 5.41) is 10.8. The zero-order valence-corrected chi connectivity index (χ0v) is 12.2. The van der Waals surface area contributed by atoms with Gasteiger partial charge in [-0.2, -0.15) is 0 Å². The average Bonchev–Trinajstić information content (AvgIpc) is 2.78. The van der Waals surface area contributed by atoms with E-state index in [1.54, 1.807) is 0 Å². The molecule has 0 aromatic heterocycles. The van der Waals surface area contributed by atoms with Crippen LogP contribution in [0.25, 0.3) is 0 Å². The number of hydrazine groups is 1. The van der Waals surface area contributed by atoms with Crippen LogP contribution >= 0.6 is 24.0 Å². The van der Waals surface area contributed by atoms with Gasteiger partial charge in [-0.05, 0) is 6.07 Å². The van der Waals surface area contributed by atoms with Crippen molar-refractivity contribution in [3.8, 4) is 0 Å². The number of thioether (sulfide) groups is 1. The average molecular weight is 326 g/mol. The molecule has 2 amide bonds. The van der Waals surface area contributed by atoms with Gasteiger partial charge in [0.25, 0.3) is 11.6 Å². The number of nitrogens with one attached hydrogen (secondary N) is 2. The van der Waals surface area contributed by atoms with Crippen LogP contribution in [0.15, 0.2) is 24.3 Å². The first kappa shape index (κ1) is 15.4. The smallest absolute Gasteiger partial charge is 0.282 e. The first-order valence-corrected chi connectivity index (χ1v) is 7.14. The number of amides is 2. The second-order valence-electron chi connectivity index (χ2n) is 3.94. The molecule has 1 heterocycles. The van der Waals surface area contributed by atoms with Crippen molar-refractivity contribution in [3.63, 3.8) is 0 Å². The first-order valence-electron chi connectivity index (χ1n) is 5.74. The molecular formula is C11H10N4O4S2. The molecule has 1 aromatic rings. The predicted octanol–water partition coefficient (Wildman–Crippen LogP) is 0.647. The fraction of sp³-hybridized carbons (Fsp3) is 0.182. The van der Waals surface area contributed by atoms with Crippen molar-refractivity contribution < 1.29 is 14.5 Å². The van der Waals surface area contributed by atoms with Crippen LogP contribution in [-0.4, -0.2) is 38.4 Å². The molecule has 0 spiro atoms. The molecule has 1 saturated heterocycles. The Labute approximate surface area is 129 Å². The van der Waals surface area contributed by atoms with Gasteiger partial charge >= 0.3 is 0 Å². The Morgan fingerprint density at radius 2 is 2.19 bits per heavy atom. The van der Waals surface area contributed by atoms with Gasteiger partial charge in [0.15, 0.2) is 0 Å². The van der Waals surface area contributed by atoms with Crippen molar-refractivity contribution in [2.24, 2.45) is 0 Å². The highest BCUT2D eigenvalue weighted by atomic mass is 32.2. The van der Waals surface area contributed by atoms with Gasteiger partial charge < -0.3 is 0 Å². The summed E-state index contributed by atoms with van der Waals surface area (Å²) >= 11 is 6.21. The van der Waals surface area contributed by atoms with Crippen LogP contribution in [0.4, 0.5) is 5.69 Å². The van der Waals surface area contributed by atoms with E-state index in [1.807, 2.05) is 0 Å². The lowest BCUT2D eigenvalue weighted by Gasteiger charge is -2.16. The second-order valence-corrected chi connectivity index (χ2v) is 5.55. The molecule has 0 unspecified atom stereocenters. The number of thiocarbonyl (C=S) groups is 1. The molecule has 110 valence electrons. The number of carbonyl (C=O) groups excluding carboxylic acids is 2. The molecule has 1 aromatic carbocycles. The quantitative estimate of drug-likeness (QED) is 0.465. The van der Waals surface area contributed by atoms with Crippen LogP contribution in [0.3, 0.4) is 0 Å². The van der Waals surface area contributed by atoms with E-state index >= 15 is 0 Å². The van der Waals surface area contributed by atoms with Gasteiger partial charge in [0.2, 0.25) is 5.91 Å². The number of nitro groups is 1. The van der Waals surface area contributed by atoms with Gasteiger partial charge in [-0.25, -0.2) is 5.43 Å². The van der Waals surface area contributed by atoms with Crippen LogP contribution < -0.4 is 10.9 Å². The van der Waals surface area contributed by atoms with Crippen LogP contribution in [0.1, 0.15) is 10.4 Å². The molecule has 2 rings (SSSR count). The molecule has 0 atom stereocenters. The van der Waals surface area contributed by atoms with Gasteiger partial charge in [0, 0.05) is 6.07 Å². The highest BCUT2D eigenvalue weighted by Crippen LogP contribution is 2.18. The van der Waals surface area contributed by atoms with E-state index in [0.717, 1.165) is 0 Å². The molecule has 0 aliphatic carbocycles. The monoisotopic (exact) mass is 326 g/mol. The number of hydrogen-bond acceptors (Lipinski definition) is 7. The fourth-order valence-electron chi connectivity index (χ4n) is 1.62. The molecule has 21 heavy (non-hydrogen) atoms. The Morgan fingerprint density at radius 3 is 2.81 bits per heavy atom. The molecule has 0 saturated carbocycles. The van der Waals surface area contributed by atoms with Gasteiger partial charge in [-0.1, -0.05) is 36.1 Å². The first-order chi connectivity index (χ1) is 10.0.